The number of anilines is 1. The zero-order valence-corrected chi connectivity index (χ0v) is 13.8. The van der Waals surface area contributed by atoms with Crippen molar-refractivity contribution in [3.63, 3.8) is 0 Å². The van der Waals surface area contributed by atoms with Gasteiger partial charge in [0.2, 0.25) is 14.9 Å². The first kappa shape index (κ1) is 15.9. The lowest BCUT2D eigenvalue weighted by molar-refractivity contribution is -0.114. The molecule has 0 aliphatic heterocycles. The lowest BCUT2D eigenvalue weighted by atomic mass is 9.83. The summed E-state index contributed by atoms with van der Waals surface area (Å²) in [4.78, 5) is 11.1. The highest BCUT2D eigenvalue weighted by molar-refractivity contribution is 6.48. The Morgan fingerprint density at radius 2 is 1.95 bits per heavy atom. The molecule has 0 heterocycles. The molecule has 0 atom stereocenters. The Morgan fingerprint density at radius 3 is 2.42 bits per heavy atom. The number of hydrogen-bond acceptors (Lipinski definition) is 2. The minimum atomic E-state index is -0.692. The van der Waals surface area contributed by atoms with Gasteiger partial charge >= 0.3 is 0 Å². The Kier molecular flexibility index (Phi) is 5.32. The molecule has 0 aliphatic rings. The lowest BCUT2D eigenvalue weighted by Crippen LogP contribution is -2.17. The van der Waals surface area contributed by atoms with E-state index in [9.17, 15) is 4.79 Å². The molecule has 3 nitrogen and oxygen atoms in total. The first-order valence-corrected chi connectivity index (χ1v) is 8.95. The smallest absolute Gasteiger partial charge is 0.221 e. The summed E-state index contributed by atoms with van der Waals surface area (Å²) in [6.45, 7) is 13.0. The van der Waals surface area contributed by atoms with Crippen molar-refractivity contribution in [2.24, 2.45) is 0 Å². The van der Waals surface area contributed by atoms with Gasteiger partial charge < -0.3 is 9.74 Å². The van der Waals surface area contributed by atoms with Crippen LogP contribution in [0.25, 0.3) is 0 Å². The number of carbonyl (C=O) groups excluding carboxylic acids is 1. The number of carbonyl (C=O) groups is 1. The predicted octanol–water partition coefficient (Wildman–Crippen LogP) is 3.71. The summed E-state index contributed by atoms with van der Waals surface area (Å²) in [6, 6.07) is 6.04. The molecule has 0 saturated carbocycles. The highest BCUT2D eigenvalue weighted by atomic mass is 28.3. The number of benzene rings is 1. The third-order valence-corrected chi connectivity index (χ3v) is 3.48. The lowest BCUT2D eigenvalue weighted by Gasteiger charge is -2.24. The van der Waals surface area contributed by atoms with Crippen LogP contribution in [-0.2, 0) is 21.2 Å². The summed E-state index contributed by atoms with van der Waals surface area (Å²) in [6.07, 6.45) is 0. The molecular weight excluding hydrogens is 254 g/mol. The summed E-state index contributed by atoms with van der Waals surface area (Å²) in [5.74, 6) is -0.0449. The van der Waals surface area contributed by atoms with Gasteiger partial charge in [-0.05, 0) is 41.8 Å². The maximum absolute atomic E-state index is 11.1. The van der Waals surface area contributed by atoms with Crippen molar-refractivity contribution in [1.29, 1.82) is 0 Å². The molecule has 0 bridgehead atoms. The molecule has 0 aromatic heterocycles. The van der Waals surface area contributed by atoms with Gasteiger partial charge in [-0.3, -0.25) is 4.79 Å². The van der Waals surface area contributed by atoms with Crippen molar-refractivity contribution in [2.75, 3.05) is 5.32 Å². The monoisotopic (exact) mass is 278 g/mol. The first-order valence-electron chi connectivity index (χ1n) is 6.54. The van der Waals surface area contributed by atoms with E-state index in [1.54, 1.807) is 0 Å². The zero-order valence-electron chi connectivity index (χ0n) is 12.8. The molecule has 0 spiro atoms. The molecule has 0 fully saturated rings. The molecule has 1 rings (SSSR count). The van der Waals surface area contributed by atoms with E-state index in [4.69, 9.17) is 4.43 Å². The second kappa shape index (κ2) is 6.35. The van der Waals surface area contributed by atoms with Crippen LogP contribution in [0.3, 0.4) is 0 Å². The minimum absolute atomic E-state index is 0.0293. The highest BCUT2D eigenvalue weighted by Gasteiger charge is 2.19. The van der Waals surface area contributed by atoms with Gasteiger partial charge in [0.15, 0.2) is 0 Å². The van der Waals surface area contributed by atoms with Crippen LogP contribution in [-0.4, -0.2) is 14.9 Å². The Morgan fingerprint density at radius 1 is 1.32 bits per heavy atom. The van der Waals surface area contributed by atoms with Gasteiger partial charge in [0.25, 0.3) is 0 Å². The average molecular weight is 278 g/mol. The van der Waals surface area contributed by atoms with Crippen LogP contribution in [0.15, 0.2) is 18.2 Å². The van der Waals surface area contributed by atoms with Crippen LogP contribution in [0, 0.1) is 0 Å². The average Bonchev–Trinajstić information content (AvgIpc) is 2.25. The maximum Gasteiger partial charge on any atom is 0.221 e. The van der Waals surface area contributed by atoms with Gasteiger partial charge in [-0.25, -0.2) is 0 Å². The van der Waals surface area contributed by atoms with Crippen LogP contribution < -0.4 is 5.32 Å². The SMILES string of the molecule is CC(=O)Nc1ccc(CO[Si](C)C)c(C(C)(C)C)c1. The largest absolute Gasteiger partial charge is 0.413 e. The third kappa shape index (κ3) is 5.16. The quantitative estimate of drug-likeness (QED) is 0.853. The van der Waals surface area contributed by atoms with E-state index in [0.29, 0.717) is 6.61 Å². The van der Waals surface area contributed by atoms with E-state index in [1.165, 1.54) is 18.1 Å². The van der Waals surface area contributed by atoms with Crippen molar-refractivity contribution < 1.29 is 9.22 Å². The number of nitrogens with one attached hydrogen (secondary N) is 1. The number of amides is 1. The topological polar surface area (TPSA) is 38.3 Å². The Balaban J connectivity index is 3.06. The molecule has 4 heteroatoms. The fourth-order valence-corrected chi connectivity index (χ4v) is 2.35. The second-order valence-corrected chi connectivity index (χ2v) is 8.11. The molecule has 0 unspecified atom stereocenters. The molecular formula is C15H24NO2Si. The Hall–Kier alpha value is -1.13. The van der Waals surface area contributed by atoms with Crippen molar-refractivity contribution in [1.82, 2.24) is 0 Å². The van der Waals surface area contributed by atoms with E-state index in [2.05, 4.69) is 51.3 Å². The summed E-state index contributed by atoms with van der Waals surface area (Å²) >= 11 is 0. The number of rotatable bonds is 4. The molecule has 19 heavy (non-hydrogen) atoms. The van der Waals surface area contributed by atoms with E-state index in [-0.39, 0.29) is 11.3 Å². The summed E-state index contributed by atoms with van der Waals surface area (Å²) < 4.78 is 5.80. The van der Waals surface area contributed by atoms with E-state index in [0.717, 1.165) is 5.69 Å². The van der Waals surface area contributed by atoms with Gasteiger partial charge in [-0.2, -0.15) is 0 Å². The van der Waals surface area contributed by atoms with Gasteiger partial charge in [-0.15, -0.1) is 0 Å². The molecule has 105 valence electrons. The van der Waals surface area contributed by atoms with Crippen LogP contribution in [0.5, 0.6) is 0 Å². The maximum atomic E-state index is 11.1. The van der Waals surface area contributed by atoms with Crippen LogP contribution in [0.1, 0.15) is 38.8 Å². The fraction of sp³-hybridized carbons (Fsp3) is 0.533. The van der Waals surface area contributed by atoms with Crippen LogP contribution in [0.4, 0.5) is 5.69 Å². The fourth-order valence-electron chi connectivity index (χ4n) is 1.90. The normalized spacial score (nSPS) is 11.7. The first-order chi connectivity index (χ1) is 8.70. The molecule has 1 N–H and O–H groups in total. The predicted molar refractivity (Wildman–Crippen MR) is 81.7 cm³/mol. The summed E-state index contributed by atoms with van der Waals surface area (Å²) in [7, 11) is -0.692. The third-order valence-electron chi connectivity index (χ3n) is 2.75. The van der Waals surface area contributed by atoms with Gasteiger partial charge in [0.1, 0.15) is 0 Å². The van der Waals surface area contributed by atoms with Crippen molar-refractivity contribution in [3.8, 4) is 0 Å². The van der Waals surface area contributed by atoms with Crippen molar-refractivity contribution >= 4 is 20.6 Å². The van der Waals surface area contributed by atoms with Crippen molar-refractivity contribution in [3.05, 3.63) is 29.3 Å². The molecule has 0 aliphatic carbocycles. The molecule has 1 aromatic carbocycles. The summed E-state index contributed by atoms with van der Waals surface area (Å²) in [5, 5.41) is 2.84. The van der Waals surface area contributed by atoms with Crippen LogP contribution >= 0.6 is 0 Å². The van der Waals surface area contributed by atoms with E-state index >= 15 is 0 Å². The molecule has 1 amide bonds. The molecule has 1 radical (unpaired) electrons. The second-order valence-electron chi connectivity index (χ2n) is 6.00. The molecule has 0 saturated heterocycles. The Labute approximate surface area is 118 Å². The van der Waals surface area contributed by atoms with Gasteiger partial charge in [-0.1, -0.05) is 26.8 Å². The number of hydrogen-bond donors (Lipinski definition) is 1. The van der Waals surface area contributed by atoms with Crippen LogP contribution in [0.2, 0.25) is 13.1 Å². The van der Waals surface area contributed by atoms with E-state index in [1.807, 2.05) is 6.07 Å². The Bertz CT molecular complexity index is 450. The molecule has 1 aromatic rings. The van der Waals surface area contributed by atoms with Crippen molar-refractivity contribution in [2.45, 2.75) is 52.8 Å². The van der Waals surface area contributed by atoms with Gasteiger partial charge in [0, 0.05) is 12.6 Å². The standard InChI is InChI=1S/C15H24NO2Si/c1-11(17)16-13-8-7-12(10-18-19(5)6)14(9-13)15(2,3)4/h7-9H,10H2,1-6H3,(H,16,17). The summed E-state index contributed by atoms with van der Waals surface area (Å²) in [5.41, 5.74) is 3.30. The zero-order chi connectivity index (χ0) is 14.6. The highest BCUT2D eigenvalue weighted by Crippen LogP contribution is 2.29. The minimum Gasteiger partial charge on any atom is -0.413 e. The van der Waals surface area contributed by atoms with Gasteiger partial charge in [0.05, 0.1) is 6.61 Å². The van der Waals surface area contributed by atoms with E-state index < -0.39 is 9.04 Å².